The highest BCUT2D eigenvalue weighted by Crippen LogP contribution is 2.60. The van der Waals surface area contributed by atoms with Crippen LogP contribution < -0.4 is 5.32 Å². The lowest BCUT2D eigenvalue weighted by Crippen LogP contribution is -2.38. The van der Waals surface area contributed by atoms with Gasteiger partial charge in [0.1, 0.15) is 4.60 Å². The van der Waals surface area contributed by atoms with E-state index in [0.29, 0.717) is 5.52 Å². The van der Waals surface area contributed by atoms with Crippen molar-refractivity contribution < 1.29 is 8.42 Å². The molecule has 0 saturated heterocycles. The van der Waals surface area contributed by atoms with E-state index in [1.807, 2.05) is 36.4 Å². The molecule has 2 aliphatic rings. The second kappa shape index (κ2) is 5.60. The van der Waals surface area contributed by atoms with Crippen molar-refractivity contribution >= 4 is 36.9 Å². The zero-order valence-corrected chi connectivity index (χ0v) is 18.8. The first kappa shape index (κ1) is 18.3. The molecule has 0 radical (unpaired) electrons. The number of halogens is 1. The van der Waals surface area contributed by atoms with Gasteiger partial charge in [0.15, 0.2) is 0 Å². The Balaban J connectivity index is 1.80. The first-order valence-corrected chi connectivity index (χ1v) is 11.9. The zero-order valence-electron chi connectivity index (χ0n) is 16.3. The van der Waals surface area contributed by atoms with Gasteiger partial charge in [-0.05, 0) is 59.6 Å². The van der Waals surface area contributed by atoms with E-state index in [4.69, 9.17) is 0 Å². The summed E-state index contributed by atoms with van der Waals surface area (Å²) in [7, 11) is -3.80. The molecule has 5 nitrogen and oxygen atoms in total. The van der Waals surface area contributed by atoms with E-state index in [1.54, 1.807) is 34.4 Å². The van der Waals surface area contributed by atoms with Crippen molar-refractivity contribution in [2.75, 3.05) is 0 Å². The summed E-state index contributed by atoms with van der Waals surface area (Å²) < 4.78 is 30.1. The Morgan fingerprint density at radius 1 is 0.933 bits per heavy atom. The van der Waals surface area contributed by atoms with Crippen LogP contribution >= 0.6 is 15.9 Å². The molecule has 0 unspecified atom stereocenters. The number of benzene rings is 2. The van der Waals surface area contributed by atoms with Crippen LogP contribution in [0.3, 0.4) is 0 Å². The van der Waals surface area contributed by atoms with Gasteiger partial charge in [-0.15, -0.1) is 0 Å². The molecule has 4 heterocycles. The van der Waals surface area contributed by atoms with Crippen LogP contribution in [-0.4, -0.2) is 17.4 Å². The minimum Gasteiger partial charge on any atom is -0.289 e. The number of pyridine rings is 1. The van der Waals surface area contributed by atoms with Gasteiger partial charge in [0.05, 0.1) is 27.2 Å². The fraction of sp³-hybridized carbons (Fsp3) is 0.174. The highest BCUT2D eigenvalue weighted by Gasteiger charge is 2.61. The lowest BCUT2D eigenvalue weighted by atomic mass is 9.77. The maximum atomic E-state index is 13.9. The lowest BCUT2D eigenvalue weighted by Gasteiger charge is -2.27. The number of rotatable bonds is 2. The SMILES string of the molecule is C[C@]12N[C@](C)(c3ccnc(Br)c31)c1c2c2ccccc2n1S(=O)(=O)c1ccccc1. The van der Waals surface area contributed by atoms with Crippen molar-refractivity contribution in [1.82, 2.24) is 14.3 Å². The zero-order chi connectivity index (χ0) is 20.9. The molecule has 0 spiro atoms. The molecule has 0 fully saturated rings. The predicted octanol–water partition coefficient (Wildman–Crippen LogP) is 4.48. The number of nitrogens with zero attached hydrogens (tertiary/aromatic N) is 2. The minimum absolute atomic E-state index is 0.279. The third-order valence-corrected chi connectivity index (χ3v) is 8.86. The molecule has 2 aliphatic heterocycles. The highest BCUT2D eigenvalue weighted by molar-refractivity contribution is 9.10. The van der Waals surface area contributed by atoms with Crippen molar-refractivity contribution in [1.29, 1.82) is 0 Å². The molecule has 0 saturated carbocycles. The Hall–Kier alpha value is -2.48. The Morgan fingerprint density at radius 2 is 1.63 bits per heavy atom. The number of para-hydroxylation sites is 1. The molecule has 150 valence electrons. The molecule has 4 aromatic rings. The summed E-state index contributed by atoms with van der Waals surface area (Å²) in [4.78, 5) is 4.73. The molecule has 6 rings (SSSR count). The summed E-state index contributed by atoms with van der Waals surface area (Å²) in [5.74, 6) is 0. The Bertz CT molecular complexity index is 1480. The van der Waals surface area contributed by atoms with Crippen LogP contribution in [0, 0.1) is 0 Å². The maximum absolute atomic E-state index is 13.9. The molecular weight excluding hydrogens is 462 g/mol. The Morgan fingerprint density at radius 3 is 2.40 bits per heavy atom. The van der Waals surface area contributed by atoms with Crippen LogP contribution in [0.25, 0.3) is 10.9 Å². The summed E-state index contributed by atoms with van der Waals surface area (Å²) >= 11 is 3.63. The quantitative estimate of drug-likeness (QED) is 0.430. The molecular formula is C23H18BrN3O2S. The first-order valence-electron chi connectivity index (χ1n) is 9.70. The molecule has 2 bridgehead atoms. The second-order valence-electron chi connectivity index (χ2n) is 8.22. The first-order chi connectivity index (χ1) is 14.3. The number of hydrogen-bond acceptors (Lipinski definition) is 4. The average molecular weight is 480 g/mol. The summed E-state index contributed by atoms with van der Waals surface area (Å²) in [5.41, 5.74) is 3.38. The minimum atomic E-state index is -3.80. The third-order valence-electron chi connectivity index (χ3n) is 6.53. The van der Waals surface area contributed by atoms with Crippen molar-refractivity contribution in [2.45, 2.75) is 29.8 Å². The van der Waals surface area contributed by atoms with Crippen LogP contribution in [0.15, 0.2) is 76.4 Å². The van der Waals surface area contributed by atoms with Crippen molar-refractivity contribution in [3.8, 4) is 0 Å². The van der Waals surface area contributed by atoms with Crippen LogP contribution in [-0.2, 0) is 21.1 Å². The standard InChI is InChI=1S/C23H18BrN3O2S/c1-22-16-12-13-25-21(24)19(16)23(2,26-22)18-15-10-6-7-11-17(15)27(20(18)22)30(28,29)14-8-4-3-5-9-14/h3-13,26H,1-2H3/t22-,23-/m1/s1. The van der Waals surface area contributed by atoms with Gasteiger partial charge in [-0.25, -0.2) is 17.4 Å². The molecule has 0 amide bonds. The van der Waals surface area contributed by atoms with E-state index < -0.39 is 21.1 Å². The number of nitrogens with one attached hydrogen (secondary N) is 1. The highest BCUT2D eigenvalue weighted by atomic mass is 79.9. The lowest BCUT2D eigenvalue weighted by molar-refractivity contribution is 0.409. The third kappa shape index (κ3) is 1.96. The smallest absolute Gasteiger partial charge is 0.268 e. The van der Waals surface area contributed by atoms with Crippen molar-refractivity contribution in [2.24, 2.45) is 0 Å². The molecule has 7 heteroatoms. The van der Waals surface area contributed by atoms with Gasteiger partial charge in [-0.1, -0.05) is 36.4 Å². The Kier molecular flexibility index (Phi) is 3.42. The van der Waals surface area contributed by atoms with Gasteiger partial charge in [-0.3, -0.25) is 5.32 Å². The van der Waals surface area contributed by atoms with Gasteiger partial charge in [0.25, 0.3) is 10.0 Å². The van der Waals surface area contributed by atoms with Gasteiger partial charge in [-0.2, -0.15) is 0 Å². The van der Waals surface area contributed by atoms with Crippen LogP contribution in [0.4, 0.5) is 0 Å². The van der Waals surface area contributed by atoms with Gasteiger partial charge < -0.3 is 0 Å². The van der Waals surface area contributed by atoms with E-state index >= 15 is 0 Å². The van der Waals surface area contributed by atoms with E-state index in [0.717, 1.165) is 32.4 Å². The fourth-order valence-electron chi connectivity index (χ4n) is 5.45. The topological polar surface area (TPSA) is 64.0 Å². The average Bonchev–Trinajstić information content (AvgIpc) is 3.30. The van der Waals surface area contributed by atoms with E-state index in [9.17, 15) is 8.42 Å². The van der Waals surface area contributed by atoms with Gasteiger partial charge >= 0.3 is 0 Å². The number of hydrogen-bond donors (Lipinski definition) is 1. The number of fused-ring (bicyclic) bond motifs is 10. The van der Waals surface area contributed by atoms with E-state index in [1.165, 1.54) is 0 Å². The Labute approximate surface area is 182 Å². The van der Waals surface area contributed by atoms with Crippen molar-refractivity contribution in [3.63, 3.8) is 0 Å². The van der Waals surface area contributed by atoms with E-state index in [-0.39, 0.29) is 4.90 Å². The molecule has 2 aromatic heterocycles. The molecule has 2 aromatic carbocycles. The molecule has 1 N–H and O–H groups in total. The summed E-state index contributed by atoms with van der Waals surface area (Å²) in [5, 5.41) is 4.67. The number of aromatic nitrogens is 2. The summed E-state index contributed by atoms with van der Waals surface area (Å²) in [6.07, 6.45) is 1.76. The molecule has 30 heavy (non-hydrogen) atoms. The molecule has 0 aliphatic carbocycles. The largest absolute Gasteiger partial charge is 0.289 e. The van der Waals surface area contributed by atoms with Crippen LogP contribution in [0.2, 0.25) is 0 Å². The van der Waals surface area contributed by atoms with E-state index in [2.05, 4.69) is 40.1 Å². The maximum Gasteiger partial charge on any atom is 0.268 e. The monoisotopic (exact) mass is 479 g/mol. The predicted molar refractivity (Wildman–Crippen MR) is 119 cm³/mol. The van der Waals surface area contributed by atoms with Crippen LogP contribution in [0.5, 0.6) is 0 Å². The summed E-state index contributed by atoms with van der Waals surface area (Å²) in [6, 6.07) is 18.4. The second-order valence-corrected chi connectivity index (χ2v) is 10.8. The molecule has 2 atom stereocenters. The summed E-state index contributed by atoms with van der Waals surface area (Å²) in [6.45, 7) is 4.17. The van der Waals surface area contributed by atoms with Gasteiger partial charge in [0.2, 0.25) is 0 Å². The van der Waals surface area contributed by atoms with Crippen LogP contribution in [0.1, 0.15) is 36.2 Å². The van der Waals surface area contributed by atoms with Crippen molar-refractivity contribution in [3.05, 3.63) is 93.8 Å². The normalized spacial score (nSPS) is 24.2. The fourth-order valence-corrected chi connectivity index (χ4v) is 7.82. The van der Waals surface area contributed by atoms with Gasteiger partial charge in [0, 0.05) is 22.7 Å².